The number of carboxylic acid groups (broad SMARTS) is 1. The lowest BCUT2D eigenvalue weighted by Crippen LogP contribution is -2.48. The zero-order valence-electron chi connectivity index (χ0n) is 10.2. The Morgan fingerprint density at radius 1 is 1.14 bits per heavy atom. The van der Waals surface area contributed by atoms with Crippen molar-refractivity contribution in [1.29, 1.82) is 0 Å². The molecule has 0 saturated heterocycles. The summed E-state index contributed by atoms with van der Waals surface area (Å²) in [6, 6.07) is 0. The van der Waals surface area contributed by atoms with Crippen molar-refractivity contribution in [2.75, 3.05) is 13.1 Å². The molecule has 0 atom stereocenters. The lowest BCUT2D eigenvalue weighted by atomic mass is 9.93. The number of hydrogen-bond acceptors (Lipinski definition) is 2. The van der Waals surface area contributed by atoms with E-state index in [1.807, 2.05) is 25.7 Å². The summed E-state index contributed by atoms with van der Waals surface area (Å²) in [6.45, 7) is 13.4. The Morgan fingerprint density at radius 3 is 1.79 bits per heavy atom. The summed E-state index contributed by atoms with van der Waals surface area (Å²) in [6.07, 6.45) is 0. The minimum atomic E-state index is -0.760. The quantitative estimate of drug-likeness (QED) is 0.761. The molecule has 0 radical (unpaired) electrons. The molecule has 3 nitrogen and oxygen atoms in total. The highest BCUT2D eigenvalue weighted by molar-refractivity contribution is 5.69. The first-order valence-electron chi connectivity index (χ1n) is 4.99. The standard InChI is InChI=1S/C11H23NO2/c1-10(2,3)8-12(7-9(13)14)11(4,5)6/h7-8H2,1-6H3,(H,13,14). The van der Waals surface area contributed by atoms with E-state index in [-0.39, 0.29) is 17.5 Å². The molecule has 0 saturated carbocycles. The monoisotopic (exact) mass is 201 g/mol. The van der Waals surface area contributed by atoms with Crippen LogP contribution in [-0.2, 0) is 4.79 Å². The predicted octanol–water partition coefficient (Wildman–Crippen LogP) is 2.22. The zero-order chi connectivity index (χ0) is 11.6. The van der Waals surface area contributed by atoms with Crippen molar-refractivity contribution in [3.63, 3.8) is 0 Å². The van der Waals surface area contributed by atoms with Gasteiger partial charge in [0.2, 0.25) is 0 Å². The lowest BCUT2D eigenvalue weighted by Gasteiger charge is -2.38. The van der Waals surface area contributed by atoms with Crippen LogP contribution in [0, 0.1) is 5.41 Å². The maximum atomic E-state index is 10.7. The van der Waals surface area contributed by atoms with Crippen molar-refractivity contribution in [2.24, 2.45) is 5.41 Å². The highest BCUT2D eigenvalue weighted by Crippen LogP contribution is 2.21. The van der Waals surface area contributed by atoms with Crippen molar-refractivity contribution in [3.8, 4) is 0 Å². The summed E-state index contributed by atoms with van der Waals surface area (Å²) in [4.78, 5) is 12.7. The van der Waals surface area contributed by atoms with E-state index in [2.05, 4.69) is 20.8 Å². The Morgan fingerprint density at radius 2 is 1.57 bits per heavy atom. The summed E-state index contributed by atoms with van der Waals surface area (Å²) in [5, 5.41) is 8.80. The highest BCUT2D eigenvalue weighted by Gasteiger charge is 2.27. The van der Waals surface area contributed by atoms with Crippen LogP contribution in [0.25, 0.3) is 0 Å². The summed E-state index contributed by atoms with van der Waals surface area (Å²) >= 11 is 0. The van der Waals surface area contributed by atoms with Gasteiger partial charge in [0.25, 0.3) is 0 Å². The number of carboxylic acids is 1. The second-order valence-corrected chi connectivity index (χ2v) is 5.98. The molecule has 1 N–H and O–H groups in total. The van der Waals surface area contributed by atoms with Gasteiger partial charge in [-0.3, -0.25) is 9.69 Å². The molecule has 0 bridgehead atoms. The van der Waals surface area contributed by atoms with E-state index in [9.17, 15) is 4.79 Å². The van der Waals surface area contributed by atoms with Gasteiger partial charge in [-0.2, -0.15) is 0 Å². The van der Waals surface area contributed by atoms with Gasteiger partial charge in [-0.1, -0.05) is 20.8 Å². The molecule has 0 fully saturated rings. The number of hydrogen-bond donors (Lipinski definition) is 1. The van der Waals surface area contributed by atoms with Crippen molar-refractivity contribution in [1.82, 2.24) is 4.90 Å². The molecule has 0 heterocycles. The van der Waals surface area contributed by atoms with E-state index in [4.69, 9.17) is 5.11 Å². The van der Waals surface area contributed by atoms with Crippen LogP contribution in [0.15, 0.2) is 0 Å². The molecule has 0 rings (SSSR count). The minimum absolute atomic E-state index is 0.0916. The third-order valence-electron chi connectivity index (χ3n) is 1.94. The Labute approximate surface area is 87.1 Å². The lowest BCUT2D eigenvalue weighted by molar-refractivity contribution is -0.140. The molecule has 0 aliphatic heterocycles. The molecule has 0 spiro atoms. The van der Waals surface area contributed by atoms with Gasteiger partial charge in [0.15, 0.2) is 0 Å². The van der Waals surface area contributed by atoms with E-state index in [1.165, 1.54) is 0 Å². The minimum Gasteiger partial charge on any atom is -0.480 e. The average molecular weight is 201 g/mol. The SMILES string of the molecule is CC(C)(C)CN(CC(=O)O)C(C)(C)C. The van der Waals surface area contributed by atoms with Gasteiger partial charge >= 0.3 is 5.97 Å². The first kappa shape index (κ1) is 13.4. The number of rotatable bonds is 3. The van der Waals surface area contributed by atoms with Crippen LogP contribution >= 0.6 is 0 Å². The van der Waals surface area contributed by atoms with Crippen LogP contribution in [0.2, 0.25) is 0 Å². The van der Waals surface area contributed by atoms with Crippen LogP contribution in [0.3, 0.4) is 0 Å². The highest BCUT2D eigenvalue weighted by atomic mass is 16.4. The van der Waals surface area contributed by atoms with Gasteiger partial charge in [-0.25, -0.2) is 0 Å². The molecule has 0 aromatic carbocycles. The molecule has 3 heteroatoms. The number of carbonyl (C=O) groups is 1. The van der Waals surface area contributed by atoms with Gasteiger partial charge < -0.3 is 5.11 Å². The van der Waals surface area contributed by atoms with Crippen molar-refractivity contribution >= 4 is 5.97 Å². The molecule has 0 amide bonds. The van der Waals surface area contributed by atoms with Gasteiger partial charge in [0.1, 0.15) is 0 Å². The smallest absolute Gasteiger partial charge is 0.317 e. The maximum absolute atomic E-state index is 10.7. The predicted molar refractivity (Wildman–Crippen MR) is 58.4 cm³/mol. The fourth-order valence-corrected chi connectivity index (χ4v) is 1.27. The number of nitrogens with zero attached hydrogens (tertiary/aromatic N) is 1. The van der Waals surface area contributed by atoms with Crippen molar-refractivity contribution in [3.05, 3.63) is 0 Å². The Hall–Kier alpha value is -0.570. The molecule has 0 aromatic rings. The summed E-state index contributed by atoms with van der Waals surface area (Å²) in [5.74, 6) is -0.760. The average Bonchev–Trinajstić information content (AvgIpc) is 1.78. The zero-order valence-corrected chi connectivity index (χ0v) is 10.2. The molecular formula is C11H23NO2. The van der Waals surface area contributed by atoms with Crippen LogP contribution < -0.4 is 0 Å². The van der Waals surface area contributed by atoms with Crippen LogP contribution in [0.5, 0.6) is 0 Å². The van der Waals surface area contributed by atoms with Crippen molar-refractivity contribution < 1.29 is 9.90 Å². The largest absolute Gasteiger partial charge is 0.480 e. The van der Waals surface area contributed by atoms with E-state index in [0.29, 0.717) is 0 Å². The molecule has 14 heavy (non-hydrogen) atoms. The Balaban J connectivity index is 4.50. The van der Waals surface area contributed by atoms with Crippen molar-refractivity contribution in [2.45, 2.75) is 47.1 Å². The van der Waals surface area contributed by atoms with Gasteiger partial charge in [-0.15, -0.1) is 0 Å². The van der Waals surface area contributed by atoms with E-state index in [1.54, 1.807) is 0 Å². The Bertz CT molecular complexity index is 198. The third-order valence-corrected chi connectivity index (χ3v) is 1.94. The Kier molecular flexibility index (Phi) is 4.13. The second-order valence-electron chi connectivity index (χ2n) is 5.98. The topological polar surface area (TPSA) is 40.5 Å². The van der Waals surface area contributed by atoms with Crippen LogP contribution in [0.1, 0.15) is 41.5 Å². The van der Waals surface area contributed by atoms with Gasteiger partial charge in [-0.05, 0) is 26.2 Å². The third kappa shape index (κ3) is 5.97. The summed E-state index contributed by atoms with van der Waals surface area (Å²) in [7, 11) is 0. The molecule has 0 unspecified atom stereocenters. The molecule has 84 valence electrons. The van der Waals surface area contributed by atoms with Crippen LogP contribution in [0.4, 0.5) is 0 Å². The van der Waals surface area contributed by atoms with E-state index in [0.717, 1.165) is 6.54 Å². The fourth-order valence-electron chi connectivity index (χ4n) is 1.27. The van der Waals surface area contributed by atoms with E-state index < -0.39 is 5.97 Å². The first-order chi connectivity index (χ1) is 6.02. The first-order valence-corrected chi connectivity index (χ1v) is 4.99. The number of aliphatic carboxylic acids is 1. The van der Waals surface area contributed by atoms with E-state index >= 15 is 0 Å². The van der Waals surface area contributed by atoms with Crippen LogP contribution in [-0.4, -0.2) is 34.6 Å². The fraction of sp³-hybridized carbons (Fsp3) is 0.909. The summed E-state index contributed by atoms with van der Waals surface area (Å²) < 4.78 is 0. The molecule has 0 aromatic heterocycles. The summed E-state index contributed by atoms with van der Waals surface area (Å²) in [5.41, 5.74) is 0.0361. The molecule has 0 aliphatic carbocycles. The molecule has 0 aliphatic rings. The van der Waals surface area contributed by atoms with Gasteiger partial charge in [0, 0.05) is 12.1 Å². The second kappa shape index (κ2) is 4.30. The maximum Gasteiger partial charge on any atom is 0.317 e. The van der Waals surface area contributed by atoms with Gasteiger partial charge in [0.05, 0.1) is 6.54 Å². The molecular weight excluding hydrogens is 178 g/mol. The normalized spacial score (nSPS) is 13.4.